The summed E-state index contributed by atoms with van der Waals surface area (Å²) >= 11 is 6.21. The second-order valence-electron chi connectivity index (χ2n) is 6.15. The van der Waals surface area contributed by atoms with Crippen molar-refractivity contribution in [2.24, 2.45) is 0 Å². The van der Waals surface area contributed by atoms with E-state index in [0.29, 0.717) is 10.8 Å². The van der Waals surface area contributed by atoms with Gasteiger partial charge in [-0.05, 0) is 56.1 Å². The molecule has 1 amide bonds. The first-order valence-corrected chi connectivity index (χ1v) is 8.38. The van der Waals surface area contributed by atoms with Crippen LogP contribution in [0.5, 0.6) is 0 Å². The van der Waals surface area contributed by atoms with Crippen molar-refractivity contribution in [3.8, 4) is 0 Å². The van der Waals surface area contributed by atoms with Gasteiger partial charge in [-0.1, -0.05) is 30.3 Å². The number of nitrogens with one attached hydrogen (secondary N) is 1. The minimum absolute atomic E-state index is 0.0637. The summed E-state index contributed by atoms with van der Waals surface area (Å²) < 4.78 is 1.95. The number of carbonyl (C=O) groups is 1. The van der Waals surface area contributed by atoms with Gasteiger partial charge in [0, 0.05) is 11.6 Å². The zero-order chi connectivity index (χ0) is 17.3. The van der Waals surface area contributed by atoms with E-state index < -0.39 is 0 Å². The van der Waals surface area contributed by atoms with Crippen molar-refractivity contribution in [2.45, 2.75) is 32.9 Å². The Morgan fingerprint density at radius 1 is 1.12 bits per heavy atom. The van der Waals surface area contributed by atoms with Gasteiger partial charge in [-0.15, -0.1) is 0 Å². The van der Waals surface area contributed by atoms with E-state index >= 15 is 0 Å². The minimum atomic E-state index is -0.122. The lowest BCUT2D eigenvalue weighted by molar-refractivity contribution is 0.0940. The first kappa shape index (κ1) is 16.5. The maximum Gasteiger partial charge on any atom is 0.251 e. The molecule has 0 radical (unpaired) electrons. The predicted octanol–water partition coefficient (Wildman–Crippen LogP) is 4.76. The maximum absolute atomic E-state index is 12.5. The summed E-state index contributed by atoms with van der Waals surface area (Å²) in [5, 5.41) is 3.45. The number of hydrogen-bond acceptors (Lipinski definition) is 2. The van der Waals surface area contributed by atoms with E-state index in [1.807, 2.05) is 54.0 Å². The molecule has 0 saturated heterocycles. The molecule has 3 rings (SSSR count). The van der Waals surface area contributed by atoms with Gasteiger partial charge in [0.15, 0.2) is 0 Å². The highest BCUT2D eigenvalue weighted by atomic mass is 35.5. The van der Waals surface area contributed by atoms with E-state index in [9.17, 15) is 4.79 Å². The molecular weight excluding hydrogens is 322 g/mol. The fraction of sp³-hybridized carbons (Fsp3) is 0.263. The first-order chi connectivity index (χ1) is 11.5. The summed E-state index contributed by atoms with van der Waals surface area (Å²) in [7, 11) is 0. The normalized spacial score (nSPS) is 12.5. The number of hydrogen-bond donors (Lipinski definition) is 1. The first-order valence-electron chi connectivity index (χ1n) is 8.00. The second-order valence-corrected chi connectivity index (χ2v) is 6.49. The average molecular weight is 342 g/mol. The lowest BCUT2D eigenvalue weighted by Gasteiger charge is -2.14. The van der Waals surface area contributed by atoms with Crippen LogP contribution >= 0.6 is 11.6 Å². The van der Waals surface area contributed by atoms with Crippen molar-refractivity contribution in [1.82, 2.24) is 14.9 Å². The van der Waals surface area contributed by atoms with Gasteiger partial charge >= 0.3 is 0 Å². The van der Waals surface area contributed by atoms with Crippen molar-refractivity contribution in [2.75, 3.05) is 0 Å². The van der Waals surface area contributed by atoms with Crippen molar-refractivity contribution in [3.63, 3.8) is 0 Å². The molecule has 1 atom stereocenters. The van der Waals surface area contributed by atoms with Crippen molar-refractivity contribution >= 4 is 28.5 Å². The van der Waals surface area contributed by atoms with E-state index in [0.717, 1.165) is 16.6 Å². The van der Waals surface area contributed by atoms with Crippen LogP contribution in [0.3, 0.4) is 0 Å². The topological polar surface area (TPSA) is 46.9 Å². The number of fused-ring (bicyclic) bond motifs is 1. The van der Waals surface area contributed by atoms with E-state index in [1.54, 1.807) is 6.07 Å². The molecule has 0 bridgehead atoms. The summed E-state index contributed by atoms with van der Waals surface area (Å²) in [4.78, 5) is 16.9. The molecule has 0 fully saturated rings. The molecule has 1 aromatic heterocycles. The fourth-order valence-corrected chi connectivity index (χ4v) is 3.18. The van der Waals surface area contributed by atoms with E-state index in [-0.39, 0.29) is 18.0 Å². The van der Waals surface area contributed by atoms with Gasteiger partial charge in [-0.3, -0.25) is 4.79 Å². The van der Waals surface area contributed by atoms with Crippen molar-refractivity contribution in [1.29, 1.82) is 0 Å². The van der Waals surface area contributed by atoms with E-state index in [1.165, 1.54) is 0 Å². The number of halogens is 1. The molecule has 124 valence electrons. The Labute approximate surface area is 146 Å². The molecule has 2 aromatic carbocycles. The number of carbonyl (C=O) groups excluding carboxylic acids is 1. The summed E-state index contributed by atoms with van der Waals surface area (Å²) in [6, 6.07) is 15.5. The lowest BCUT2D eigenvalue weighted by atomic mass is 10.1. The standard InChI is InChI=1S/C19H20ClN3O/c1-12(2)23-17-10-9-15(11-16(17)22-19(23)20)18(24)21-13(3)14-7-5-4-6-8-14/h4-13H,1-3H3,(H,21,24)/t13-/m1/s1. The van der Waals surface area contributed by atoms with Crippen LogP contribution < -0.4 is 5.32 Å². The molecule has 0 aliphatic rings. The molecule has 0 spiro atoms. The SMILES string of the molecule is CC(C)n1c(Cl)nc2cc(C(=O)N[C@H](C)c3ccccc3)ccc21. The highest BCUT2D eigenvalue weighted by Crippen LogP contribution is 2.25. The third kappa shape index (κ3) is 3.15. The van der Waals surface area contributed by atoms with Crippen LogP contribution in [0.1, 0.15) is 48.8 Å². The highest BCUT2D eigenvalue weighted by Gasteiger charge is 2.15. The predicted molar refractivity (Wildman–Crippen MR) is 97.5 cm³/mol. The molecule has 0 unspecified atom stereocenters. The summed E-state index contributed by atoms with van der Waals surface area (Å²) in [5.41, 5.74) is 3.31. The van der Waals surface area contributed by atoms with Crippen molar-refractivity contribution < 1.29 is 4.79 Å². The Morgan fingerprint density at radius 2 is 1.83 bits per heavy atom. The van der Waals surface area contributed by atoms with Gasteiger partial charge in [0.05, 0.1) is 17.1 Å². The van der Waals surface area contributed by atoms with E-state index in [2.05, 4.69) is 24.1 Å². The fourth-order valence-electron chi connectivity index (χ4n) is 2.81. The van der Waals surface area contributed by atoms with Gasteiger partial charge in [0.1, 0.15) is 0 Å². The molecule has 0 aliphatic heterocycles. The van der Waals surface area contributed by atoms with Crippen LogP contribution in [-0.4, -0.2) is 15.5 Å². The highest BCUT2D eigenvalue weighted by molar-refractivity contribution is 6.29. The summed E-state index contributed by atoms with van der Waals surface area (Å²) in [5.74, 6) is -0.122. The third-order valence-electron chi connectivity index (χ3n) is 4.07. The Morgan fingerprint density at radius 3 is 2.50 bits per heavy atom. The molecule has 0 saturated carbocycles. The van der Waals surface area contributed by atoms with Gasteiger partial charge < -0.3 is 9.88 Å². The summed E-state index contributed by atoms with van der Waals surface area (Å²) in [6.07, 6.45) is 0. The zero-order valence-corrected chi connectivity index (χ0v) is 14.7. The molecule has 1 N–H and O–H groups in total. The van der Waals surface area contributed by atoms with Crippen LogP contribution in [0.2, 0.25) is 5.28 Å². The van der Waals surface area contributed by atoms with Crippen LogP contribution in [0.25, 0.3) is 11.0 Å². The molecule has 1 heterocycles. The molecule has 24 heavy (non-hydrogen) atoms. The van der Waals surface area contributed by atoms with Crippen LogP contribution in [-0.2, 0) is 0 Å². The molecular formula is C19H20ClN3O. The van der Waals surface area contributed by atoms with Gasteiger partial charge in [0.25, 0.3) is 5.91 Å². The summed E-state index contributed by atoms with van der Waals surface area (Å²) in [6.45, 7) is 6.07. The van der Waals surface area contributed by atoms with Crippen LogP contribution in [0.4, 0.5) is 0 Å². The number of benzene rings is 2. The van der Waals surface area contributed by atoms with E-state index in [4.69, 9.17) is 11.6 Å². The molecule has 0 aliphatic carbocycles. The largest absolute Gasteiger partial charge is 0.346 e. The average Bonchev–Trinajstić information content (AvgIpc) is 2.90. The lowest BCUT2D eigenvalue weighted by Crippen LogP contribution is -2.26. The van der Waals surface area contributed by atoms with Gasteiger partial charge in [0.2, 0.25) is 5.28 Å². The number of aromatic nitrogens is 2. The minimum Gasteiger partial charge on any atom is -0.346 e. The number of amides is 1. The van der Waals surface area contributed by atoms with Crippen molar-refractivity contribution in [3.05, 3.63) is 64.9 Å². The monoisotopic (exact) mass is 341 g/mol. The maximum atomic E-state index is 12.5. The molecule has 3 aromatic rings. The quantitative estimate of drug-likeness (QED) is 0.743. The van der Waals surface area contributed by atoms with Gasteiger partial charge in [-0.2, -0.15) is 0 Å². The second kappa shape index (κ2) is 6.65. The molecule has 4 nitrogen and oxygen atoms in total. The Kier molecular flexibility index (Phi) is 4.58. The Bertz CT molecular complexity index is 871. The number of nitrogens with zero attached hydrogens (tertiary/aromatic N) is 2. The third-order valence-corrected chi connectivity index (χ3v) is 4.34. The van der Waals surface area contributed by atoms with Gasteiger partial charge in [-0.25, -0.2) is 4.98 Å². The number of rotatable bonds is 4. The Hall–Kier alpha value is -2.33. The smallest absolute Gasteiger partial charge is 0.251 e. The molecule has 5 heteroatoms. The number of imidazole rings is 1. The Balaban J connectivity index is 1.85. The van der Waals surface area contributed by atoms with Crippen LogP contribution in [0.15, 0.2) is 48.5 Å². The zero-order valence-electron chi connectivity index (χ0n) is 14.0. The van der Waals surface area contributed by atoms with Crippen LogP contribution in [0, 0.1) is 0 Å².